The lowest BCUT2D eigenvalue weighted by atomic mass is 9.99. The topological polar surface area (TPSA) is 48.5 Å². The van der Waals surface area contributed by atoms with Gasteiger partial charge in [0.15, 0.2) is 0 Å². The molecule has 1 saturated heterocycles. The van der Waals surface area contributed by atoms with E-state index in [0.717, 1.165) is 38.4 Å². The summed E-state index contributed by atoms with van der Waals surface area (Å²) < 4.78 is 0. The van der Waals surface area contributed by atoms with E-state index in [1.807, 2.05) is 29.2 Å². The highest BCUT2D eigenvalue weighted by Crippen LogP contribution is 2.24. The first-order chi connectivity index (χ1) is 14.8. The van der Waals surface area contributed by atoms with Crippen molar-refractivity contribution in [2.24, 2.45) is 0 Å². The number of carbonyl (C=O) groups excluding carboxylic acids is 1. The zero-order valence-corrected chi connectivity index (χ0v) is 17.0. The van der Waals surface area contributed by atoms with E-state index < -0.39 is 0 Å². The third-order valence-corrected chi connectivity index (χ3v) is 6.11. The van der Waals surface area contributed by atoms with Gasteiger partial charge >= 0.3 is 0 Å². The van der Waals surface area contributed by atoms with Gasteiger partial charge in [-0.15, -0.1) is 0 Å². The highest BCUT2D eigenvalue weighted by Gasteiger charge is 2.24. The Balaban J connectivity index is 1.32. The minimum absolute atomic E-state index is 0.0860. The number of hydrogen-bond acceptors (Lipinski definition) is 4. The van der Waals surface area contributed by atoms with E-state index in [1.54, 1.807) is 6.20 Å². The van der Waals surface area contributed by atoms with Crippen LogP contribution >= 0.6 is 0 Å². The van der Waals surface area contributed by atoms with Crippen LogP contribution in [0.2, 0.25) is 0 Å². The van der Waals surface area contributed by atoms with Crippen LogP contribution in [0.5, 0.6) is 0 Å². The van der Waals surface area contributed by atoms with Gasteiger partial charge in [-0.2, -0.15) is 0 Å². The average molecular weight is 399 g/mol. The molecular weight excluding hydrogens is 372 g/mol. The summed E-state index contributed by atoms with van der Waals surface area (Å²) in [6.07, 6.45) is 2.68. The number of hydrogen-bond donors (Lipinski definition) is 1. The van der Waals surface area contributed by atoms with Gasteiger partial charge in [-0.25, -0.2) is 4.98 Å². The lowest BCUT2D eigenvalue weighted by molar-refractivity contribution is 0.0734. The number of carbonyl (C=O) groups is 1. The third kappa shape index (κ3) is 3.81. The normalized spacial score (nSPS) is 18.7. The Morgan fingerprint density at radius 1 is 0.967 bits per heavy atom. The van der Waals surface area contributed by atoms with E-state index in [0.29, 0.717) is 12.1 Å². The molecule has 3 aromatic rings. The summed E-state index contributed by atoms with van der Waals surface area (Å²) in [5.41, 5.74) is 4.60. The molecule has 3 heterocycles. The Morgan fingerprint density at radius 2 is 1.77 bits per heavy atom. The average Bonchev–Trinajstić information content (AvgIpc) is 2.84. The summed E-state index contributed by atoms with van der Waals surface area (Å²) in [5, 5.41) is 3.59. The van der Waals surface area contributed by atoms with Crippen molar-refractivity contribution in [1.29, 1.82) is 0 Å². The predicted molar refractivity (Wildman–Crippen MR) is 119 cm³/mol. The molecule has 1 N–H and O–H groups in total. The maximum Gasteiger partial charge on any atom is 0.254 e. The minimum atomic E-state index is 0.0860. The van der Waals surface area contributed by atoms with Crippen LogP contribution in [0.1, 0.15) is 33.1 Å². The molecule has 0 spiro atoms. The third-order valence-electron chi connectivity index (χ3n) is 6.11. The van der Waals surface area contributed by atoms with Gasteiger partial charge in [0.2, 0.25) is 0 Å². The first-order valence-electron chi connectivity index (χ1n) is 10.6. The minimum Gasteiger partial charge on any atom is -0.353 e. The number of pyridine rings is 1. The summed E-state index contributed by atoms with van der Waals surface area (Å²) >= 11 is 0. The molecule has 2 aromatic carbocycles. The highest BCUT2D eigenvalue weighted by atomic mass is 16.2. The van der Waals surface area contributed by atoms with Crippen LogP contribution in [-0.2, 0) is 13.0 Å². The molecule has 5 rings (SSSR count). The second kappa shape index (κ2) is 8.28. The molecule has 2 aliphatic rings. The van der Waals surface area contributed by atoms with Gasteiger partial charge in [0.1, 0.15) is 5.82 Å². The number of aromatic nitrogens is 1. The van der Waals surface area contributed by atoms with Crippen LogP contribution in [-0.4, -0.2) is 42.0 Å². The van der Waals surface area contributed by atoms with E-state index in [1.165, 1.54) is 16.7 Å². The van der Waals surface area contributed by atoms with Crippen molar-refractivity contribution in [3.05, 3.63) is 95.2 Å². The molecule has 152 valence electrons. The van der Waals surface area contributed by atoms with Crippen molar-refractivity contribution in [3.8, 4) is 0 Å². The smallest absolute Gasteiger partial charge is 0.254 e. The highest BCUT2D eigenvalue weighted by molar-refractivity contribution is 5.95. The number of nitrogens with zero attached hydrogens (tertiary/aromatic N) is 3. The molecule has 0 aliphatic carbocycles. The van der Waals surface area contributed by atoms with Crippen LogP contribution < -0.4 is 10.2 Å². The molecule has 0 bridgehead atoms. The van der Waals surface area contributed by atoms with E-state index in [-0.39, 0.29) is 11.9 Å². The van der Waals surface area contributed by atoms with Crippen molar-refractivity contribution in [2.45, 2.75) is 19.0 Å². The monoisotopic (exact) mass is 398 g/mol. The molecule has 1 fully saturated rings. The zero-order valence-electron chi connectivity index (χ0n) is 17.0. The van der Waals surface area contributed by atoms with Gasteiger partial charge in [0.25, 0.3) is 5.91 Å². The second-order valence-electron chi connectivity index (χ2n) is 8.01. The maximum absolute atomic E-state index is 13.2. The van der Waals surface area contributed by atoms with Gasteiger partial charge < -0.3 is 15.1 Å². The number of nitrogens with one attached hydrogen (secondary N) is 1. The van der Waals surface area contributed by atoms with Crippen molar-refractivity contribution in [1.82, 2.24) is 15.2 Å². The summed E-state index contributed by atoms with van der Waals surface area (Å²) in [6.45, 7) is 4.05. The van der Waals surface area contributed by atoms with Crippen LogP contribution in [0.3, 0.4) is 0 Å². The number of rotatable bonds is 3. The second-order valence-corrected chi connectivity index (χ2v) is 8.01. The Bertz CT molecular complexity index is 1040. The molecule has 1 atom stereocenters. The lowest BCUT2D eigenvalue weighted by Gasteiger charge is -2.35. The van der Waals surface area contributed by atoms with E-state index in [4.69, 9.17) is 0 Å². The lowest BCUT2D eigenvalue weighted by Crippen LogP contribution is -2.46. The molecule has 2 aliphatic heterocycles. The van der Waals surface area contributed by atoms with Crippen molar-refractivity contribution >= 4 is 11.7 Å². The van der Waals surface area contributed by atoms with Gasteiger partial charge in [0, 0.05) is 50.5 Å². The summed E-state index contributed by atoms with van der Waals surface area (Å²) in [6, 6.07) is 23.0. The van der Waals surface area contributed by atoms with Crippen LogP contribution in [0, 0.1) is 0 Å². The molecule has 30 heavy (non-hydrogen) atoms. The zero-order chi connectivity index (χ0) is 20.3. The Morgan fingerprint density at radius 3 is 2.63 bits per heavy atom. The van der Waals surface area contributed by atoms with Gasteiger partial charge in [-0.1, -0.05) is 54.6 Å². The SMILES string of the molecule is O=C(c1ccnc(N2CCN[C@H](c3ccccc3)C2)c1)N1CCc2ccccc2C1. The Kier molecular flexibility index (Phi) is 5.20. The quantitative estimate of drug-likeness (QED) is 0.734. The number of amides is 1. The summed E-state index contributed by atoms with van der Waals surface area (Å²) in [7, 11) is 0. The fraction of sp³-hybridized carbons (Fsp3) is 0.280. The molecular formula is C25H26N4O. The first-order valence-corrected chi connectivity index (χ1v) is 10.6. The van der Waals surface area contributed by atoms with Gasteiger partial charge in [-0.05, 0) is 35.2 Å². The largest absolute Gasteiger partial charge is 0.353 e. The van der Waals surface area contributed by atoms with Crippen molar-refractivity contribution in [3.63, 3.8) is 0 Å². The maximum atomic E-state index is 13.2. The Labute approximate surface area is 177 Å². The fourth-order valence-electron chi connectivity index (χ4n) is 4.44. The van der Waals surface area contributed by atoms with Crippen molar-refractivity contribution < 1.29 is 4.79 Å². The van der Waals surface area contributed by atoms with Crippen LogP contribution in [0.4, 0.5) is 5.82 Å². The Hall–Kier alpha value is -3.18. The molecule has 5 nitrogen and oxygen atoms in total. The number of anilines is 1. The molecule has 1 aromatic heterocycles. The molecule has 5 heteroatoms. The number of benzene rings is 2. The van der Waals surface area contributed by atoms with Gasteiger partial charge in [0.05, 0.1) is 0 Å². The molecule has 0 unspecified atom stereocenters. The molecule has 0 saturated carbocycles. The summed E-state index contributed by atoms with van der Waals surface area (Å²) in [5.74, 6) is 0.962. The van der Waals surface area contributed by atoms with Crippen LogP contribution in [0.25, 0.3) is 0 Å². The number of fused-ring (bicyclic) bond motifs is 1. The standard InChI is InChI=1S/C25H26N4O/c30-25(29-14-11-19-6-4-5-9-22(19)17-29)21-10-12-27-24(16-21)28-15-13-26-23(18-28)20-7-2-1-3-8-20/h1-10,12,16,23,26H,11,13-15,17-18H2/t23-/m0/s1. The van der Waals surface area contributed by atoms with E-state index in [9.17, 15) is 4.79 Å². The molecule has 0 radical (unpaired) electrons. The predicted octanol–water partition coefficient (Wildman–Crippen LogP) is 3.43. The van der Waals surface area contributed by atoms with E-state index >= 15 is 0 Å². The van der Waals surface area contributed by atoms with E-state index in [2.05, 4.69) is 57.7 Å². The molecule has 1 amide bonds. The van der Waals surface area contributed by atoms with Gasteiger partial charge in [-0.3, -0.25) is 4.79 Å². The fourth-order valence-corrected chi connectivity index (χ4v) is 4.44. The number of piperazine rings is 1. The first kappa shape index (κ1) is 18.8. The summed E-state index contributed by atoms with van der Waals surface area (Å²) in [4.78, 5) is 22.0. The van der Waals surface area contributed by atoms with Crippen molar-refractivity contribution in [2.75, 3.05) is 31.1 Å². The van der Waals surface area contributed by atoms with Crippen LogP contribution in [0.15, 0.2) is 72.9 Å².